The molecule has 2 aromatic rings. The van der Waals surface area contributed by atoms with Gasteiger partial charge in [-0.25, -0.2) is 0 Å². The van der Waals surface area contributed by atoms with E-state index in [1.54, 1.807) is 30.3 Å². The number of nitrogens with one attached hydrogen (secondary N) is 1. The van der Waals surface area contributed by atoms with E-state index in [-0.39, 0.29) is 24.3 Å². The number of likely N-dealkylation sites (tertiary alicyclic amines) is 1. The number of hydrogen-bond acceptors (Lipinski definition) is 4. The average molecular weight is 471 g/mol. The molecule has 2 aliphatic rings. The second-order valence-corrected chi connectivity index (χ2v) is 8.26. The predicted molar refractivity (Wildman–Crippen MR) is 117 cm³/mol. The summed E-state index contributed by atoms with van der Waals surface area (Å²) in [5, 5.41) is 2.83. The SMILES string of the molecule is O=C(N/C(=C\c1ccc2c(c1)OCO2)C(=O)N1CCCCCC1)c1cccc(Br)c1. The first-order valence-electron chi connectivity index (χ1n) is 10.1. The minimum atomic E-state index is -0.327. The molecule has 6 nitrogen and oxygen atoms in total. The van der Waals surface area contributed by atoms with Crippen LogP contribution in [0.1, 0.15) is 41.6 Å². The monoisotopic (exact) mass is 470 g/mol. The molecule has 0 bridgehead atoms. The maximum Gasteiger partial charge on any atom is 0.270 e. The molecule has 156 valence electrons. The molecule has 0 atom stereocenters. The van der Waals surface area contributed by atoms with Crippen molar-refractivity contribution in [3.05, 3.63) is 63.8 Å². The molecule has 7 heteroatoms. The fraction of sp³-hybridized carbons (Fsp3) is 0.304. The maximum absolute atomic E-state index is 13.3. The van der Waals surface area contributed by atoms with E-state index in [1.807, 2.05) is 23.1 Å². The lowest BCUT2D eigenvalue weighted by molar-refractivity contribution is -0.127. The smallest absolute Gasteiger partial charge is 0.270 e. The quantitative estimate of drug-likeness (QED) is 0.674. The van der Waals surface area contributed by atoms with E-state index in [1.165, 1.54) is 0 Å². The van der Waals surface area contributed by atoms with Crippen molar-refractivity contribution in [2.45, 2.75) is 25.7 Å². The Kier molecular flexibility index (Phi) is 6.38. The lowest BCUT2D eigenvalue weighted by atomic mass is 10.1. The molecule has 1 fully saturated rings. The summed E-state index contributed by atoms with van der Waals surface area (Å²) < 4.78 is 11.6. The van der Waals surface area contributed by atoms with Crippen molar-refractivity contribution in [3.8, 4) is 11.5 Å². The van der Waals surface area contributed by atoms with Gasteiger partial charge in [-0.15, -0.1) is 0 Å². The number of rotatable bonds is 4. The molecule has 0 radical (unpaired) electrons. The summed E-state index contributed by atoms with van der Waals surface area (Å²) >= 11 is 3.38. The van der Waals surface area contributed by atoms with Gasteiger partial charge in [-0.3, -0.25) is 9.59 Å². The normalized spacial score (nSPS) is 16.2. The Labute approximate surface area is 184 Å². The highest BCUT2D eigenvalue weighted by molar-refractivity contribution is 9.10. The van der Waals surface area contributed by atoms with Gasteiger partial charge in [-0.1, -0.05) is 40.9 Å². The second-order valence-electron chi connectivity index (χ2n) is 7.34. The van der Waals surface area contributed by atoms with Crippen molar-refractivity contribution in [1.82, 2.24) is 10.2 Å². The number of benzene rings is 2. The van der Waals surface area contributed by atoms with Gasteiger partial charge in [0, 0.05) is 23.1 Å². The van der Waals surface area contributed by atoms with E-state index in [2.05, 4.69) is 21.2 Å². The molecule has 2 aromatic carbocycles. The number of hydrogen-bond donors (Lipinski definition) is 1. The van der Waals surface area contributed by atoms with Gasteiger partial charge in [0.05, 0.1) is 0 Å². The zero-order valence-electron chi connectivity index (χ0n) is 16.5. The fourth-order valence-electron chi connectivity index (χ4n) is 3.59. The first-order valence-corrected chi connectivity index (χ1v) is 10.9. The van der Waals surface area contributed by atoms with Crippen LogP contribution in [0.2, 0.25) is 0 Å². The van der Waals surface area contributed by atoms with Gasteiger partial charge < -0.3 is 19.7 Å². The Bertz CT molecular complexity index is 981. The van der Waals surface area contributed by atoms with Crippen LogP contribution in [0.25, 0.3) is 6.08 Å². The summed E-state index contributed by atoms with van der Waals surface area (Å²) in [4.78, 5) is 28.0. The summed E-state index contributed by atoms with van der Waals surface area (Å²) in [7, 11) is 0. The van der Waals surface area contributed by atoms with Crippen LogP contribution in [0, 0.1) is 0 Å². The summed E-state index contributed by atoms with van der Waals surface area (Å²) in [5.41, 5.74) is 1.48. The molecule has 2 heterocycles. The Morgan fingerprint density at radius 3 is 2.50 bits per heavy atom. The van der Waals surface area contributed by atoms with Crippen molar-refractivity contribution in [1.29, 1.82) is 0 Å². The molecule has 2 amide bonds. The van der Waals surface area contributed by atoms with Crippen LogP contribution in [0.5, 0.6) is 11.5 Å². The van der Waals surface area contributed by atoms with E-state index in [9.17, 15) is 9.59 Å². The van der Waals surface area contributed by atoms with E-state index in [4.69, 9.17) is 9.47 Å². The molecule has 1 saturated heterocycles. The van der Waals surface area contributed by atoms with Crippen molar-refractivity contribution >= 4 is 33.8 Å². The maximum atomic E-state index is 13.3. The number of halogens is 1. The highest BCUT2D eigenvalue weighted by atomic mass is 79.9. The number of carbonyl (C=O) groups is 2. The van der Waals surface area contributed by atoms with Crippen LogP contribution in [0.3, 0.4) is 0 Å². The Hall–Kier alpha value is -2.80. The first kappa shape index (κ1) is 20.5. The third-order valence-corrected chi connectivity index (χ3v) is 5.66. The molecule has 30 heavy (non-hydrogen) atoms. The second kappa shape index (κ2) is 9.34. The molecule has 0 spiro atoms. The molecule has 2 aliphatic heterocycles. The highest BCUT2D eigenvalue weighted by Crippen LogP contribution is 2.33. The fourth-order valence-corrected chi connectivity index (χ4v) is 3.99. The minimum Gasteiger partial charge on any atom is -0.454 e. The van der Waals surface area contributed by atoms with Gasteiger partial charge in [0.2, 0.25) is 6.79 Å². The summed E-state index contributed by atoms with van der Waals surface area (Å²) in [6.07, 6.45) is 5.89. The van der Waals surface area contributed by atoms with E-state index in [0.717, 1.165) is 35.7 Å². The van der Waals surface area contributed by atoms with E-state index < -0.39 is 0 Å². The Morgan fingerprint density at radius 2 is 1.73 bits per heavy atom. The lowest BCUT2D eigenvalue weighted by Crippen LogP contribution is -2.39. The molecule has 0 saturated carbocycles. The third kappa shape index (κ3) is 4.84. The zero-order valence-corrected chi connectivity index (χ0v) is 18.1. The van der Waals surface area contributed by atoms with Crippen LogP contribution in [-0.4, -0.2) is 36.6 Å². The van der Waals surface area contributed by atoms with Gasteiger partial charge in [0.1, 0.15) is 5.70 Å². The number of amides is 2. The molecular formula is C23H23BrN2O4. The van der Waals surface area contributed by atoms with Crippen LogP contribution < -0.4 is 14.8 Å². The van der Waals surface area contributed by atoms with E-state index >= 15 is 0 Å². The molecule has 0 aromatic heterocycles. The van der Waals surface area contributed by atoms with Crippen LogP contribution in [0.15, 0.2) is 52.6 Å². The highest BCUT2D eigenvalue weighted by Gasteiger charge is 2.22. The Balaban J connectivity index is 1.63. The predicted octanol–water partition coefficient (Wildman–Crippen LogP) is 4.35. The molecule has 1 N–H and O–H groups in total. The van der Waals surface area contributed by atoms with Crippen molar-refractivity contribution < 1.29 is 19.1 Å². The van der Waals surface area contributed by atoms with Gasteiger partial charge >= 0.3 is 0 Å². The molecule has 4 rings (SSSR count). The summed E-state index contributed by atoms with van der Waals surface area (Å²) in [5.74, 6) is 0.804. The standard InChI is InChI=1S/C23H23BrN2O4/c24-18-7-5-6-17(14-18)22(27)25-19(23(28)26-10-3-1-2-4-11-26)12-16-8-9-20-21(13-16)30-15-29-20/h5-9,12-14H,1-4,10-11,15H2,(H,25,27)/b19-12-. The van der Waals surface area contributed by atoms with Crippen LogP contribution in [-0.2, 0) is 4.79 Å². The third-order valence-electron chi connectivity index (χ3n) is 5.17. The molecule has 0 aliphatic carbocycles. The van der Waals surface area contributed by atoms with Gasteiger partial charge in [-0.05, 0) is 54.8 Å². The van der Waals surface area contributed by atoms with Gasteiger partial charge in [0.25, 0.3) is 11.8 Å². The number of nitrogens with zero attached hydrogens (tertiary/aromatic N) is 1. The van der Waals surface area contributed by atoms with Crippen LogP contribution in [0.4, 0.5) is 0 Å². The first-order chi connectivity index (χ1) is 14.6. The van der Waals surface area contributed by atoms with E-state index in [0.29, 0.717) is 30.2 Å². The van der Waals surface area contributed by atoms with Crippen molar-refractivity contribution in [2.75, 3.05) is 19.9 Å². The molecule has 0 unspecified atom stereocenters. The number of carbonyl (C=O) groups excluding carboxylic acids is 2. The summed E-state index contributed by atoms with van der Waals surface area (Å²) in [6, 6.07) is 12.5. The number of fused-ring (bicyclic) bond motifs is 1. The van der Waals surface area contributed by atoms with Gasteiger partial charge in [-0.2, -0.15) is 0 Å². The number of ether oxygens (including phenoxy) is 2. The average Bonchev–Trinajstić information content (AvgIpc) is 3.04. The van der Waals surface area contributed by atoms with Crippen molar-refractivity contribution in [2.24, 2.45) is 0 Å². The van der Waals surface area contributed by atoms with Gasteiger partial charge in [0.15, 0.2) is 11.5 Å². The van der Waals surface area contributed by atoms with Crippen molar-refractivity contribution in [3.63, 3.8) is 0 Å². The Morgan fingerprint density at radius 1 is 0.967 bits per heavy atom. The summed E-state index contributed by atoms with van der Waals surface area (Å²) in [6.45, 7) is 1.58. The lowest BCUT2D eigenvalue weighted by Gasteiger charge is -2.22. The largest absolute Gasteiger partial charge is 0.454 e. The van der Waals surface area contributed by atoms with Crippen LogP contribution >= 0.6 is 15.9 Å². The molecular weight excluding hydrogens is 448 g/mol. The topological polar surface area (TPSA) is 67.9 Å². The zero-order chi connectivity index (χ0) is 20.9. The minimum absolute atomic E-state index is 0.169.